The van der Waals surface area contributed by atoms with E-state index in [1.807, 2.05) is 12.3 Å². The molecular weight excluding hydrogens is 278 g/mol. The molecule has 22 heavy (non-hydrogen) atoms. The number of fused-ring (bicyclic) bond motifs is 1. The predicted molar refractivity (Wildman–Crippen MR) is 84.6 cm³/mol. The van der Waals surface area contributed by atoms with Crippen molar-refractivity contribution in [1.82, 2.24) is 20.3 Å². The van der Waals surface area contributed by atoms with Crippen molar-refractivity contribution in [2.24, 2.45) is 5.41 Å². The highest BCUT2D eigenvalue weighted by Gasteiger charge is 2.36. The van der Waals surface area contributed by atoms with Crippen molar-refractivity contribution in [2.45, 2.75) is 32.1 Å². The molecule has 2 fully saturated rings. The van der Waals surface area contributed by atoms with Gasteiger partial charge < -0.3 is 15.2 Å². The van der Waals surface area contributed by atoms with Crippen LogP contribution in [0.1, 0.15) is 32.1 Å². The summed E-state index contributed by atoms with van der Waals surface area (Å²) in [6.45, 7) is 2.84. The molecule has 2 N–H and O–H groups in total. The first-order valence-electron chi connectivity index (χ1n) is 8.06. The molecule has 2 aliphatic rings. The van der Waals surface area contributed by atoms with Gasteiger partial charge in [0.15, 0.2) is 0 Å². The number of carbonyl (C=O) groups is 1. The number of aromatic nitrogens is 3. The van der Waals surface area contributed by atoms with E-state index in [4.69, 9.17) is 0 Å². The average molecular weight is 299 g/mol. The third-order valence-corrected chi connectivity index (χ3v) is 5.32. The molecule has 0 unspecified atom stereocenters. The maximum absolute atomic E-state index is 11.6. The van der Waals surface area contributed by atoms with Crippen LogP contribution in [-0.4, -0.2) is 40.5 Å². The second kappa shape index (κ2) is 5.26. The summed E-state index contributed by atoms with van der Waals surface area (Å²) in [6.07, 6.45) is 8.63. The summed E-state index contributed by atoms with van der Waals surface area (Å²) in [5, 5.41) is 4.10. The molecule has 0 atom stereocenters. The maximum atomic E-state index is 11.6. The minimum atomic E-state index is 0.212. The zero-order chi connectivity index (χ0) is 15.0. The summed E-state index contributed by atoms with van der Waals surface area (Å²) >= 11 is 0. The summed E-state index contributed by atoms with van der Waals surface area (Å²) in [6, 6.07) is 2.04. The van der Waals surface area contributed by atoms with Gasteiger partial charge >= 0.3 is 0 Å². The smallest absolute Gasteiger partial charge is 0.220 e. The fourth-order valence-electron chi connectivity index (χ4n) is 3.86. The SMILES string of the molecule is O=C1CCC2(CCN1)CCN(c1ncnc3[nH]ccc13)CC2. The van der Waals surface area contributed by atoms with Crippen molar-refractivity contribution in [3.05, 3.63) is 18.6 Å². The van der Waals surface area contributed by atoms with Gasteiger partial charge in [-0.05, 0) is 37.2 Å². The predicted octanol–water partition coefficient (Wildman–Crippen LogP) is 1.84. The summed E-state index contributed by atoms with van der Waals surface area (Å²) < 4.78 is 0. The highest BCUT2D eigenvalue weighted by molar-refractivity contribution is 5.87. The number of rotatable bonds is 1. The minimum Gasteiger partial charge on any atom is -0.356 e. The highest BCUT2D eigenvalue weighted by atomic mass is 16.1. The first-order valence-corrected chi connectivity index (χ1v) is 8.06. The molecular formula is C16H21N5O. The monoisotopic (exact) mass is 299 g/mol. The fourth-order valence-corrected chi connectivity index (χ4v) is 3.86. The van der Waals surface area contributed by atoms with Gasteiger partial charge in [0, 0.05) is 32.3 Å². The number of aromatic amines is 1. The van der Waals surface area contributed by atoms with Crippen molar-refractivity contribution in [3.8, 4) is 0 Å². The number of nitrogens with zero attached hydrogens (tertiary/aromatic N) is 3. The summed E-state index contributed by atoms with van der Waals surface area (Å²) in [4.78, 5) is 25.8. The number of hydrogen-bond donors (Lipinski definition) is 2. The zero-order valence-corrected chi connectivity index (χ0v) is 12.6. The third kappa shape index (κ3) is 2.32. The van der Waals surface area contributed by atoms with Crippen molar-refractivity contribution < 1.29 is 4.79 Å². The number of nitrogens with one attached hydrogen (secondary N) is 2. The Hall–Kier alpha value is -2.11. The topological polar surface area (TPSA) is 73.9 Å². The molecule has 1 spiro atoms. The van der Waals surface area contributed by atoms with Gasteiger partial charge in [-0.3, -0.25) is 4.79 Å². The molecule has 4 heterocycles. The fraction of sp³-hybridized carbons (Fsp3) is 0.562. The van der Waals surface area contributed by atoms with Crippen LogP contribution in [0.2, 0.25) is 0 Å². The number of piperidine rings is 1. The van der Waals surface area contributed by atoms with Crippen LogP contribution in [0.3, 0.4) is 0 Å². The standard InChI is InChI=1S/C16H21N5O/c22-13-1-3-16(4-8-17-13)5-9-21(10-6-16)15-12-2-7-18-14(12)19-11-20-15/h2,7,11H,1,3-6,8-10H2,(H,17,22)(H,18,19,20). The molecule has 2 saturated heterocycles. The lowest BCUT2D eigenvalue weighted by molar-refractivity contribution is -0.120. The number of anilines is 1. The number of amides is 1. The van der Waals surface area contributed by atoms with E-state index in [1.54, 1.807) is 6.33 Å². The Morgan fingerprint density at radius 1 is 1.14 bits per heavy atom. The Kier molecular flexibility index (Phi) is 3.24. The molecule has 0 radical (unpaired) electrons. The van der Waals surface area contributed by atoms with Crippen LogP contribution in [0.4, 0.5) is 5.82 Å². The Balaban J connectivity index is 1.52. The molecule has 2 aliphatic heterocycles. The van der Waals surface area contributed by atoms with E-state index in [-0.39, 0.29) is 5.91 Å². The first-order chi connectivity index (χ1) is 10.8. The van der Waals surface area contributed by atoms with Crippen molar-refractivity contribution in [3.63, 3.8) is 0 Å². The van der Waals surface area contributed by atoms with Gasteiger partial charge in [0.2, 0.25) is 5.91 Å². The van der Waals surface area contributed by atoms with Gasteiger partial charge in [-0.1, -0.05) is 0 Å². The second-order valence-electron chi connectivity index (χ2n) is 6.52. The largest absolute Gasteiger partial charge is 0.356 e. The van der Waals surface area contributed by atoms with E-state index in [0.717, 1.165) is 62.2 Å². The van der Waals surface area contributed by atoms with Crippen LogP contribution in [0, 0.1) is 5.41 Å². The van der Waals surface area contributed by atoms with Crippen LogP contribution in [-0.2, 0) is 4.79 Å². The molecule has 0 bridgehead atoms. The van der Waals surface area contributed by atoms with E-state index in [1.165, 1.54) is 0 Å². The van der Waals surface area contributed by atoms with Crippen molar-refractivity contribution >= 4 is 22.8 Å². The molecule has 1 amide bonds. The number of hydrogen-bond acceptors (Lipinski definition) is 4. The minimum absolute atomic E-state index is 0.212. The zero-order valence-electron chi connectivity index (χ0n) is 12.6. The van der Waals surface area contributed by atoms with Gasteiger partial charge in [0.05, 0.1) is 5.39 Å². The van der Waals surface area contributed by atoms with Crippen LogP contribution in [0.15, 0.2) is 18.6 Å². The van der Waals surface area contributed by atoms with Crippen LogP contribution in [0.25, 0.3) is 11.0 Å². The Morgan fingerprint density at radius 3 is 2.86 bits per heavy atom. The summed E-state index contributed by atoms with van der Waals surface area (Å²) in [7, 11) is 0. The van der Waals surface area contributed by atoms with Gasteiger partial charge in [-0.25, -0.2) is 9.97 Å². The van der Waals surface area contributed by atoms with E-state index >= 15 is 0 Å². The van der Waals surface area contributed by atoms with E-state index in [0.29, 0.717) is 11.8 Å². The van der Waals surface area contributed by atoms with E-state index in [2.05, 4.69) is 25.2 Å². The molecule has 2 aromatic heterocycles. The highest BCUT2D eigenvalue weighted by Crippen LogP contribution is 2.41. The lowest BCUT2D eigenvalue weighted by Crippen LogP contribution is -2.41. The van der Waals surface area contributed by atoms with Crippen LogP contribution in [0.5, 0.6) is 0 Å². The van der Waals surface area contributed by atoms with Gasteiger partial charge in [0.1, 0.15) is 17.8 Å². The van der Waals surface area contributed by atoms with Crippen LogP contribution >= 0.6 is 0 Å². The Bertz CT molecular complexity index is 687. The van der Waals surface area contributed by atoms with E-state index < -0.39 is 0 Å². The quantitative estimate of drug-likeness (QED) is 0.842. The Morgan fingerprint density at radius 2 is 2.00 bits per heavy atom. The lowest BCUT2D eigenvalue weighted by atomic mass is 9.73. The van der Waals surface area contributed by atoms with Crippen molar-refractivity contribution in [1.29, 1.82) is 0 Å². The average Bonchev–Trinajstić information content (AvgIpc) is 2.95. The molecule has 0 aliphatic carbocycles. The van der Waals surface area contributed by atoms with Gasteiger partial charge in [-0.15, -0.1) is 0 Å². The molecule has 2 aromatic rings. The third-order valence-electron chi connectivity index (χ3n) is 5.32. The lowest BCUT2D eigenvalue weighted by Gasteiger charge is -2.41. The second-order valence-corrected chi connectivity index (χ2v) is 6.52. The summed E-state index contributed by atoms with van der Waals surface area (Å²) in [5.74, 6) is 1.24. The molecule has 116 valence electrons. The molecule has 0 saturated carbocycles. The maximum Gasteiger partial charge on any atom is 0.220 e. The normalized spacial score (nSPS) is 21.8. The van der Waals surface area contributed by atoms with Crippen LogP contribution < -0.4 is 10.2 Å². The molecule has 4 rings (SSSR count). The first kappa shape index (κ1) is 13.5. The molecule has 6 nitrogen and oxygen atoms in total. The van der Waals surface area contributed by atoms with Crippen molar-refractivity contribution in [2.75, 3.05) is 24.5 Å². The number of carbonyl (C=O) groups excluding carboxylic acids is 1. The van der Waals surface area contributed by atoms with E-state index in [9.17, 15) is 4.79 Å². The summed E-state index contributed by atoms with van der Waals surface area (Å²) in [5.41, 5.74) is 1.23. The van der Waals surface area contributed by atoms with Gasteiger partial charge in [-0.2, -0.15) is 0 Å². The Labute approximate surface area is 129 Å². The van der Waals surface area contributed by atoms with Gasteiger partial charge in [0.25, 0.3) is 0 Å². The number of H-pyrrole nitrogens is 1. The molecule has 0 aromatic carbocycles. The molecule has 6 heteroatoms.